The van der Waals surface area contributed by atoms with Crippen molar-refractivity contribution in [3.8, 4) is 5.88 Å². The lowest BCUT2D eigenvalue weighted by molar-refractivity contribution is -0.124. The molecule has 0 atom stereocenters. The van der Waals surface area contributed by atoms with Crippen LogP contribution >= 0.6 is 0 Å². The van der Waals surface area contributed by atoms with Gasteiger partial charge in [-0.05, 0) is 40.5 Å². The molecule has 0 fully saturated rings. The van der Waals surface area contributed by atoms with Gasteiger partial charge in [-0.1, -0.05) is 42.5 Å². The molecule has 0 aliphatic heterocycles. The molecule has 4 aromatic rings. The Morgan fingerprint density at radius 3 is 2.44 bits per heavy atom. The predicted octanol–water partition coefficient (Wildman–Crippen LogP) is 6.05. The largest absolute Gasteiger partial charge is 0.475 e. The van der Waals surface area contributed by atoms with Gasteiger partial charge >= 0.3 is 6.18 Å². The first-order chi connectivity index (χ1) is 19.6. The molecule has 0 aliphatic rings. The lowest BCUT2D eigenvalue weighted by Crippen LogP contribution is -2.19. The Balaban J connectivity index is 1.61. The van der Waals surface area contributed by atoms with Crippen molar-refractivity contribution in [2.24, 2.45) is 0 Å². The van der Waals surface area contributed by atoms with Gasteiger partial charge in [-0.3, -0.25) is 9.89 Å². The van der Waals surface area contributed by atoms with Crippen LogP contribution in [-0.2, 0) is 9.53 Å². The second-order valence-electron chi connectivity index (χ2n) is 9.22. The average molecular weight is 569 g/mol. The summed E-state index contributed by atoms with van der Waals surface area (Å²) in [6.45, 7) is 0.631. The number of nitrogens with zero attached hydrogens (tertiary/aromatic N) is 3. The van der Waals surface area contributed by atoms with E-state index >= 15 is 0 Å². The summed E-state index contributed by atoms with van der Waals surface area (Å²) in [7, 11) is 3.30. The van der Waals surface area contributed by atoms with Gasteiger partial charge in [0, 0.05) is 38.0 Å². The first-order valence-corrected chi connectivity index (χ1v) is 12.7. The lowest BCUT2D eigenvalue weighted by Gasteiger charge is -2.19. The highest BCUT2D eigenvalue weighted by Crippen LogP contribution is 2.40. The number of hydrogen-bond acceptors (Lipinski definition) is 5. The smallest absolute Gasteiger partial charge is 0.393 e. The maximum atomic E-state index is 14.3. The molecular formula is C30H28F4N4O3. The van der Waals surface area contributed by atoms with Crippen molar-refractivity contribution in [1.82, 2.24) is 20.1 Å². The van der Waals surface area contributed by atoms with E-state index in [4.69, 9.17) is 9.47 Å². The van der Waals surface area contributed by atoms with Crippen LogP contribution in [0.3, 0.4) is 0 Å². The van der Waals surface area contributed by atoms with E-state index in [-0.39, 0.29) is 48.1 Å². The highest BCUT2D eigenvalue weighted by molar-refractivity contribution is 6.00. The fraction of sp³-hybridized carbons (Fsp3) is 0.233. The normalized spacial score (nSPS) is 12.5. The standard InChI is InChI=1S/C30H28F4N4O3/c1-38(2)27(39)9-6-14-40-15-16-41-26-13-11-22(19-35-26)28(21-10-12-25-23(17-21)29(31)37-36-25)24(18-30(32,33)34)20-7-4-3-5-8-20/h3-13,17,19H,14-16,18H2,1-2H3,(H,36,37)/b9-6?,28-24-. The number of allylic oxidation sites excluding steroid dienone is 1. The van der Waals surface area contributed by atoms with Crippen LogP contribution in [0, 0.1) is 5.95 Å². The number of nitrogens with one attached hydrogen (secondary N) is 1. The molecule has 2 heterocycles. The van der Waals surface area contributed by atoms with Gasteiger partial charge in [-0.2, -0.15) is 22.7 Å². The SMILES string of the molecule is CN(C)C(=O)C=CCOCCOc1ccc(/C(=C(/CC(F)(F)F)c2ccccc2)c2ccc3n[nH]c(F)c3c2)cn1. The van der Waals surface area contributed by atoms with Crippen molar-refractivity contribution in [1.29, 1.82) is 0 Å². The number of benzene rings is 2. The molecule has 214 valence electrons. The summed E-state index contributed by atoms with van der Waals surface area (Å²) in [4.78, 5) is 17.2. The van der Waals surface area contributed by atoms with Gasteiger partial charge in [0.25, 0.3) is 0 Å². The summed E-state index contributed by atoms with van der Waals surface area (Å²) in [5.41, 5.74) is 1.79. The van der Waals surface area contributed by atoms with E-state index in [1.54, 1.807) is 74.8 Å². The van der Waals surface area contributed by atoms with E-state index in [9.17, 15) is 22.4 Å². The Hall–Kier alpha value is -4.51. The number of hydrogen-bond donors (Lipinski definition) is 1. The molecule has 41 heavy (non-hydrogen) atoms. The fourth-order valence-electron chi connectivity index (χ4n) is 4.09. The number of pyridine rings is 1. The molecule has 2 aromatic carbocycles. The minimum Gasteiger partial charge on any atom is -0.475 e. The number of likely N-dealkylation sites (N-methyl/N-ethyl adjacent to an activating group) is 1. The van der Waals surface area contributed by atoms with Crippen LogP contribution in [0.5, 0.6) is 5.88 Å². The predicted molar refractivity (Wildman–Crippen MR) is 147 cm³/mol. The van der Waals surface area contributed by atoms with Crippen LogP contribution in [0.4, 0.5) is 17.6 Å². The Morgan fingerprint density at radius 2 is 1.76 bits per heavy atom. The average Bonchev–Trinajstić information content (AvgIpc) is 3.32. The van der Waals surface area contributed by atoms with Crippen molar-refractivity contribution in [2.45, 2.75) is 12.6 Å². The van der Waals surface area contributed by atoms with Gasteiger partial charge in [0.1, 0.15) is 6.61 Å². The molecule has 11 heteroatoms. The Labute approximate surface area is 234 Å². The van der Waals surface area contributed by atoms with Gasteiger partial charge in [-0.15, -0.1) is 0 Å². The van der Waals surface area contributed by atoms with Gasteiger partial charge in [0.05, 0.1) is 30.5 Å². The summed E-state index contributed by atoms with van der Waals surface area (Å²) >= 11 is 0. The van der Waals surface area contributed by atoms with Crippen molar-refractivity contribution < 1.29 is 31.8 Å². The number of rotatable bonds is 11. The monoisotopic (exact) mass is 568 g/mol. The Kier molecular flexibility index (Phi) is 9.51. The Bertz CT molecular complexity index is 1530. The van der Waals surface area contributed by atoms with Crippen LogP contribution in [0.25, 0.3) is 22.0 Å². The number of ether oxygens (including phenoxy) is 2. The van der Waals surface area contributed by atoms with E-state index in [1.165, 1.54) is 23.2 Å². The molecular weight excluding hydrogens is 540 g/mol. The summed E-state index contributed by atoms with van der Waals surface area (Å²) in [5.74, 6) is -0.575. The third kappa shape index (κ3) is 8.01. The third-order valence-corrected chi connectivity index (χ3v) is 6.02. The fourth-order valence-corrected chi connectivity index (χ4v) is 4.09. The summed E-state index contributed by atoms with van der Waals surface area (Å²) in [6, 6.07) is 16.1. The summed E-state index contributed by atoms with van der Waals surface area (Å²) < 4.78 is 66.9. The highest BCUT2D eigenvalue weighted by Gasteiger charge is 2.31. The number of carbonyl (C=O) groups excluding carboxylic acids is 1. The van der Waals surface area contributed by atoms with E-state index in [1.807, 2.05) is 0 Å². The number of alkyl halides is 3. The molecule has 0 unspecified atom stereocenters. The lowest BCUT2D eigenvalue weighted by atomic mass is 9.88. The third-order valence-electron chi connectivity index (χ3n) is 6.02. The number of aromatic nitrogens is 3. The van der Waals surface area contributed by atoms with Crippen molar-refractivity contribution in [3.05, 3.63) is 102 Å². The molecule has 0 radical (unpaired) electrons. The number of halogens is 4. The second-order valence-corrected chi connectivity index (χ2v) is 9.22. The zero-order valence-corrected chi connectivity index (χ0v) is 22.4. The molecule has 1 N–H and O–H groups in total. The molecule has 0 saturated carbocycles. The molecule has 0 bridgehead atoms. The first kappa shape index (κ1) is 29.5. The topological polar surface area (TPSA) is 80.3 Å². The van der Waals surface area contributed by atoms with Gasteiger partial charge in [0.2, 0.25) is 17.7 Å². The molecule has 0 spiro atoms. The number of carbonyl (C=O) groups is 1. The van der Waals surface area contributed by atoms with E-state index in [0.717, 1.165) is 0 Å². The van der Waals surface area contributed by atoms with Crippen LogP contribution in [-0.4, -0.2) is 66.1 Å². The van der Waals surface area contributed by atoms with Crippen molar-refractivity contribution >= 4 is 28.0 Å². The minimum atomic E-state index is -4.51. The number of H-pyrrole nitrogens is 1. The van der Waals surface area contributed by atoms with Gasteiger partial charge in [-0.25, -0.2) is 4.98 Å². The maximum absolute atomic E-state index is 14.3. The van der Waals surface area contributed by atoms with E-state index in [0.29, 0.717) is 22.2 Å². The summed E-state index contributed by atoms with van der Waals surface area (Å²) in [6.07, 6.45) is -1.28. The zero-order chi connectivity index (χ0) is 29.4. The number of fused-ring (bicyclic) bond motifs is 1. The second kappa shape index (κ2) is 13.2. The van der Waals surface area contributed by atoms with E-state index < -0.39 is 18.5 Å². The molecule has 1 amide bonds. The van der Waals surface area contributed by atoms with E-state index in [2.05, 4.69) is 15.2 Å². The minimum absolute atomic E-state index is 0.0195. The summed E-state index contributed by atoms with van der Waals surface area (Å²) in [5, 5.41) is 6.30. The zero-order valence-electron chi connectivity index (χ0n) is 22.4. The highest BCUT2D eigenvalue weighted by atomic mass is 19.4. The van der Waals surface area contributed by atoms with Crippen LogP contribution < -0.4 is 4.74 Å². The molecule has 0 aliphatic carbocycles. The molecule has 0 saturated heterocycles. The van der Waals surface area contributed by atoms with Crippen molar-refractivity contribution in [3.63, 3.8) is 0 Å². The Morgan fingerprint density at radius 1 is 1.00 bits per heavy atom. The van der Waals surface area contributed by atoms with Crippen LogP contribution in [0.15, 0.2) is 79.0 Å². The first-order valence-electron chi connectivity index (χ1n) is 12.7. The van der Waals surface area contributed by atoms with Gasteiger partial charge in [0.15, 0.2) is 0 Å². The molecule has 4 rings (SSSR count). The van der Waals surface area contributed by atoms with Gasteiger partial charge < -0.3 is 14.4 Å². The number of aromatic amines is 1. The van der Waals surface area contributed by atoms with Crippen LogP contribution in [0.1, 0.15) is 23.1 Å². The molecule has 7 nitrogen and oxygen atoms in total. The van der Waals surface area contributed by atoms with Crippen LogP contribution in [0.2, 0.25) is 0 Å². The quantitative estimate of drug-likeness (QED) is 0.103. The van der Waals surface area contributed by atoms with Crippen molar-refractivity contribution in [2.75, 3.05) is 33.9 Å². The maximum Gasteiger partial charge on any atom is 0.393 e. The molecule has 2 aromatic heterocycles. The number of amides is 1.